The fourth-order valence-electron chi connectivity index (χ4n) is 4.09. The summed E-state index contributed by atoms with van der Waals surface area (Å²) in [4.78, 5) is 15.2. The molecule has 6 nitrogen and oxygen atoms in total. The maximum absolute atomic E-state index is 13.3. The van der Waals surface area contributed by atoms with E-state index in [-0.39, 0.29) is 29.4 Å². The molecule has 1 saturated carbocycles. The molecular formula is C20H30BrN3O3S. The van der Waals surface area contributed by atoms with Crippen molar-refractivity contribution in [1.29, 1.82) is 0 Å². The molecule has 3 rings (SSSR count). The number of rotatable bonds is 6. The highest BCUT2D eigenvalue weighted by atomic mass is 79.9. The van der Waals surface area contributed by atoms with E-state index in [2.05, 4.69) is 33.2 Å². The van der Waals surface area contributed by atoms with E-state index in [1.165, 1.54) is 4.31 Å². The predicted octanol–water partition coefficient (Wildman–Crippen LogP) is 2.98. The van der Waals surface area contributed by atoms with Crippen LogP contribution in [0.3, 0.4) is 0 Å². The number of amides is 1. The lowest BCUT2D eigenvalue weighted by atomic mass is 9.95. The van der Waals surface area contributed by atoms with Gasteiger partial charge in [-0.15, -0.1) is 0 Å². The highest BCUT2D eigenvalue weighted by Gasteiger charge is 2.34. The van der Waals surface area contributed by atoms with Gasteiger partial charge in [-0.05, 0) is 70.1 Å². The van der Waals surface area contributed by atoms with Gasteiger partial charge in [-0.3, -0.25) is 4.79 Å². The van der Waals surface area contributed by atoms with Crippen molar-refractivity contribution in [2.75, 3.05) is 26.7 Å². The lowest BCUT2D eigenvalue weighted by Crippen LogP contribution is -2.50. The first kappa shape index (κ1) is 21.7. The molecule has 1 aromatic rings. The maximum atomic E-state index is 13.3. The molecule has 1 aliphatic carbocycles. The third-order valence-corrected chi connectivity index (χ3v) is 8.23. The average molecular weight is 472 g/mol. The van der Waals surface area contributed by atoms with E-state index in [1.54, 1.807) is 24.3 Å². The second-order valence-corrected chi connectivity index (χ2v) is 10.7. The van der Waals surface area contributed by atoms with Crippen LogP contribution in [0.5, 0.6) is 0 Å². The number of sulfonamides is 1. The van der Waals surface area contributed by atoms with Crippen molar-refractivity contribution in [2.45, 2.75) is 61.9 Å². The van der Waals surface area contributed by atoms with Gasteiger partial charge >= 0.3 is 0 Å². The summed E-state index contributed by atoms with van der Waals surface area (Å²) in [6.07, 6.45) is 6.59. The Labute approximate surface area is 176 Å². The topological polar surface area (TPSA) is 69.7 Å². The zero-order valence-electron chi connectivity index (χ0n) is 16.4. The van der Waals surface area contributed by atoms with Crippen molar-refractivity contribution in [2.24, 2.45) is 0 Å². The predicted molar refractivity (Wildman–Crippen MR) is 114 cm³/mol. The molecule has 1 aromatic carbocycles. The minimum absolute atomic E-state index is 0.102. The zero-order chi connectivity index (χ0) is 20.1. The third-order valence-electron chi connectivity index (χ3n) is 5.79. The van der Waals surface area contributed by atoms with Crippen molar-refractivity contribution in [1.82, 2.24) is 14.5 Å². The van der Waals surface area contributed by atoms with Crippen LogP contribution in [0.15, 0.2) is 33.6 Å². The Morgan fingerprint density at radius 3 is 2.32 bits per heavy atom. The van der Waals surface area contributed by atoms with Crippen LogP contribution in [0.2, 0.25) is 0 Å². The van der Waals surface area contributed by atoms with Gasteiger partial charge in [-0.1, -0.05) is 35.2 Å². The molecule has 0 aromatic heterocycles. The Bertz CT molecular complexity index is 755. The molecular weight excluding hydrogens is 442 g/mol. The van der Waals surface area contributed by atoms with E-state index in [4.69, 9.17) is 0 Å². The van der Waals surface area contributed by atoms with Crippen molar-refractivity contribution < 1.29 is 13.2 Å². The first-order chi connectivity index (χ1) is 13.4. The van der Waals surface area contributed by atoms with Gasteiger partial charge in [0.15, 0.2) is 0 Å². The van der Waals surface area contributed by atoms with E-state index in [1.807, 2.05) is 0 Å². The Balaban J connectivity index is 1.75. The van der Waals surface area contributed by atoms with Crippen LogP contribution >= 0.6 is 15.9 Å². The van der Waals surface area contributed by atoms with E-state index < -0.39 is 10.0 Å². The summed E-state index contributed by atoms with van der Waals surface area (Å²) in [5.41, 5.74) is 0. The number of carbonyl (C=O) groups excluding carboxylic acids is 1. The first-order valence-corrected chi connectivity index (χ1v) is 12.3. The second kappa shape index (κ2) is 9.69. The molecule has 2 fully saturated rings. The van der Waals surface area contributed by atoms with Crippen LogP contribution in [-0.4, -0.2) is 62.3 Å². The van der Waals surface area contributed by atoms with Crippen molar-refractivity contribution in [3.05, 3.63) is 28.7 Å². The van der Waals surface area contributed by atoms with Gasteiger partial charge in [0.25, 0.3) is 0 Å². The largest absolute Gasteiger partial charge is 0.352 e. The number of halogens is 1. The van der Waals surface area contributed by atoms with Gasteiger partial charge in [-0.25, -0.2) is 8.42 Å². The minimum atomic E-state index is -3.72. The van der Waals surface area contributed by atoms with Crippen LogP contribution in [0.4, 0.5) is 0 Å². The summed E-state index contributed by atoms with van der Waals surface area (Å²) in [5.74, 6) is -0.194. The third kappa shape index (κ3) is 5.55. The smallest absolute Gasteiger partial charge is 0.243 e. The monoisotopic (exact) mass is 471 g/mol. The fraction of sp³-hybridized carbons (Fsp3) is 0.650. The van der Waals surface area contributed by atoms with Gasteiger partial charge in [0.05, 0.1) is 11.4 Å². The molecule has 0 bridgehead atoms. The maximum Gasteiger partial charge on any atom is 0.243 e. The molecule has 2 aliphatic rings. The van der Waals surface area contributed by atoms with E-state index in [9.17, 15) is 13.2 Å². The summed E-state index contributed by atoms with van der Waals surface area (Å²) in [6.45, 7) is 1.80. The van der Waals surface area contributed by atoms with E-state index in [0.717, 1.165) is 62.5 Å². The first-order valence-electron chi connectivity index (χ1n) is 10.1. The summed E-state index contributed by atoms with van der Waals surface area (Å²) < 4.78 is 28.9. The van der Waals surface area contributed by atoms with Crippen molar-refractivity contribution >= 4 is 31.9 Å². The number of nitrogens with one attached hydrogen (secondary N) is 1. The molecule has 0 unspecified atom stereocenters. The van der Waals surface area contributed by atoms with E-state index in [0.29, 0.717) is 0 Å². The molecule has 1 saturated heterocycles. The van der Waals surface area contributed by atoms with E-state index >= 15 is 0 Å². The Morgan fingerprint density at radius 2 is 1.71 bits per heavy atom. The molecule has 1 aliphatic heterocycles. The van der Waals surface area contributed by atoms with Crippen molar-refractivity contribution in [3.8, 4) is 0 Å². The van der Waals surface area contributed by atoms with Crippen LogP contribution in [0.1, 0.15) is 44.9 Å². The van der Waals surface area contributed by atoms with Gasteiger partial charge < -0.3 is 10.2 Å². The van der Waals surface area contributed by atoms with Crippen LogP contribution < -0.4 is 5.32 Å². The lowest BCUT2D eigenvalue weighted by molar-refractivity contribution is -0.122. The quantitative estimate of drug-likeness (QED) is 0.691. The average Bonchev–Trinajstić information content (AvgIpc) is 2.69. The van der Waals surface area contributed by atoms with Crippen LogP contribution in [-0.2, 0) is 14.8 Å². The second-order valence-electron chi connectivity index (χ2n) is 7.94. The molecule has 1 N–H and O–H groups in total. The number of hydrogen-bond acceptors (Lipinski definition) is 4. The van der Waals surface area contributed by atoms with Gasteiger partial charge in [0.1, 0.15) is 0 Å². The Hall–Kier alpha value is -0.960. The van der Waals surface area contributed by atoms with Gasteiger partial charge in [0.2, 0.25) is 15.9 Å². The minimum Gasteiger partial charge on any atom is -0.352 e. The summed E-state index contributed by atoms with van der Waals surface area (Å²) in [5, 5.41) is 3.06. The molecule has 1 amide bonds. The highest BCUT2D eigenvalue weighted by molar-refractivity contribution is 9.10. The molecule has 28 heavy (non-hydrogen) atoms. The van der Waals surface area contributed by atoms with Crippen LogP contribution in [0.25, 0.3) is 0 Å². The standard InChI is InChI=1S/C20H30BrN3O3S/c1-23-13-11-17(12-14-23)22-20(25)15-24(18-5-3-2-4-6-18)28(26,27)19-9-7-16(21)8-10-19/h7-10,17-18H,2-6,11-15H2,1H3,(H,22,25). The number of likely N-dealkylation sites (tertiary alicyclic amines) is 1. The van der Waals surface area contributed by atoms with Crippen molar-refractivity contribution in [3.63, 3.8) is 0 Å². The van der Waals surface area contributed by atoms with Gasteiger partial charge in [-0.2, -0.15) is 4.31 Å². The summed E-state index contributed by atoms with van der Waals surface area (Å²) >= 11 is 3.35. The Kier molecular flexibility index (Phi) is 7.53. The van der Waals surface area contributed by atoms with Gasteiger partial charge in [0, 0.05) is 16.6 Å². The molecule has 8 heteroatoms. The zero-order valence-corrected chi connectivity index (χ0v) is 18.8. The lowest BCUT2D eigenvalue weighted by Gasteiger charge is -2.34. The Morgan fingerprint density at radius 1 is 1.11 bits per heavy atom. The number of benzene rings is 1. The normalized spacial score (nSPS) is 20.4. The number of hydrogen-bond donors (Lipinski definition) is 1. The molecule has 0 spiro atoms. The van der Waals surface area contributed by atoms with Crippen LogP contribution in [0, 0.1) is 0 Å². The highest BCUT2D eigenvalue weighted by Crippen LogP contribution is 2.28. The summed E-state index contributed by atoms with van der Waals surface area (Å²) in [7, 11) is -1.64. The molecule has 156 valence electrons. The number of piperidine rings is 1. The molecule has 1 heterocycles. The number of carbonyl (C=O) groups is 1. The molecule has 0 radical (unpaired) electrons. The molecule has 0 atom stereocenters. The number of nitrogens with zero attached hydrogens (tertiary/aromatic N) is 2. The SMILES string of the molecule is CN1CCC(NC(=O)CN(C2CCCCC2)S(=O)(=O)c2ccc(Br)cc2)CC1. The summed E-state index contributed by atoms with van der Waals surface area (Å²) in [6, 6.07) is 6.68. The fourth-order valence-corrected chi connectivity index (χ4v) is 5.99.